The summed E-state index contributed by atoms with van der Waals surface area (Å²) in [6.45, 7) is 0. The van der Waals surface area contributed by atoms with Gasteiger partial charge in [-0.1, -0.05) is 170 Å². The maximum Gasteiger partial charge on any atom is 0.144 e. The molecule has 0 saturated heterocycles. The summed E-state index contributed by atoms with van der Waals surface area (Å²) in [5.74, 6) is 0. The highest BCUT2D eigenvalue weighted by atomic mass is 16.3. The zero-order valence-corrected chi connectivity index (χ0v) is 26.7. The van der Waals surface area contributed by atoms with Crippen LogP contribution in [0.25, 0.3) is 98.8 Å². The molecule has 0 fully saturated rings. The van der Waals surface area contributed by atoms with E-state index in [4.69, 9.17) is 4.42 Å². The number of para-hydroxylation sites is 1. The molecule has 10 rings (SSSR count). The van der Waals surface area contributed by atoms with Gasteiger partial charge in [0.25, 0.3) is 0 Å². The van der Waals surface area contributed by atoms with E-state index in [0.29, 0.717) is 0 Å². The Labute approximate surface area is 284 Å². The van der Waals surface area contributed by atoms with Crippen molar-refractivity contribution in [1.29, 1.82) is 0 Å². The Morgan fingerprint density at radius 2 is 0.837 bits per heavy atom. The fraction of sp³-hybridized carbons (Fsp3) is 0. The van der Waals surface area contributed by atoms with Gasteiger partial charge in [-0.2, -0.15) is 0 Å². The van der Waals surface area contributed by atoms with Gasteiger partial charge < -0.3 is 4.42 Å². The van der Waals surface area contributed by atoms with Crippen LogP contribution >= 0.6 is 0 Å². The Morgan fingerprint density at radius 1 is 0.306 bits per heavy atom. The zero-order chi connectivity index (χ0) is 32.3. The van der Waals surface area contributed by atoms with Gasteiger partial charge in [-0.25, -0.2) is 0 Å². The van der Waals surface area contributed by atoms with Crippen molar-refractivity contribution in [1.82, 2.24) is 0 Å². The van der Waals surface area contributed by atoms with Crippen molar-refractivity contribution < 1.29 is 4.42 Å². The van der Waals surface area contributed by atoms with Gasteiger partial charge in [0, 0.05) is 21.9 Å². The van der Waals surface area contributed by atoms with E-state index < -0.39 is 0 Å². The van der Waals surface area contributed by atoms with Crippen LogP contribution in [0.1, 0.15) is 0 Å². The average Bonchev–Trinajstić information content (AvgIpc) is 3.55. The van der Waals surface area contributed by atoms with Crippen molar-refractivity contribution >= 4 is 54.3 Å². The van der Waals surface area contributed by atoms with Gasteiger partial charge in [-0.3, -0.25) is 0 Å². The summed E-state index contributed by atoms with van der Waals surface area (Å²) < 4.78 is 6.81. The predicted octanol–water partition coefficient (Wildman–Crippen LogP) is 13.7. The third-order valence-corrected chi connectivity index (χ3v) is 10.1. The fourth-order valence-corrected chi connectivity index (χ4v) is 7.72. The second kappa shape index (κ2) is 11.1. The van der Waals surface area contributed by atoms with Gasteiger partial charge in [0.2, 0.25) is 0 Å². The molecule has 0 bridgehead atoms. The highest BCUT2D eigenvalue weighted by molar-refractivity contribution is 6.26. The van der Waals surface area contributed by atoms with Crippen LogP contribution in [0.3, 0.4) is 0 Å². The summed E-state index contributed by atoms with van der Waals surface area (Å²) in [6, 6.07) is 65.6. The van der Waals surface area contributed by atoms with Gasteiger partial charge in [-0.05, 0) is 77.8 Å². The van der Waals surface area contributed by atoms with E-state index in [0.717, 1.165) is 33.1 Å². The van der Waals surface area contributed by atoms with Crippen LogP contribution in [0.5, 0.6) is 0 Å². The summed E-state index contributed by atoms with van der Waals surface area (Å²) in [7, 11) is 0. The minimum Gasteiger partial charge on any atom is -0.455 e. The van der Waals surface area contributed by atoms with Gasteiger partial charge in [0.05, 0.1) is 0 Å². The van der Waals surface area contributed by atoms with E-state index in [2.05, 4.69) is 182 Å². The Balaban J connectivity index is 1.17. The minimum absolute atomic E-state index is 0.899. The Morgan fingerprint density at radius 3 is 1.61 bits per heavy atom. The topological polar surface area (TPSA) is 13.1 Å². The summed E-state index contributed by atoms with van der Waals surface area (Å²) in [4.78, 5) is 0. The van der Waals surface area contributed by atoms with Crippen LogP contribution in [0.2, 0.25) is 0 Å². The van der Waals surface area contributed by atoms with Gasteiger partial charge in [-0.15, -0.1) is 0 Å². The van der Waals surface area contributed by atoms with E-state index in [1.807, 2.05) is 0 Å². The molecular formula is C48H30O. The molecule has 1 nitrogen and oxygen atoms in total. The summed E-state index contributed by atoms with van der Waals surface area (Å²) >= 11 is 0. The molecule has 0 aliphatic carbocycles. The molecule has 0 unspecified atom stereocenters. The third-order valence-electron chi connectivity index (χ3n) is 10.1. The van der Waals surface area contributed by atoms with Crippen LogP contribution in [-0.2, 0) is 0 Å². The second-order valence-corrected chi connectivity index (χ2v) is 12.8. The van der Waals surface area contributed by atoms with Crippen LogP contribution in [0.4, 0.5) is 0 Å². The lowest BCUT2D eigenvalue weighted by molar-refractivity contribution is 0.670. The molecule has 1 heteroatoms. The number of hydrogen-bond acceptors (Lipinski definition) is 1. The molecule has 0 aliphatic heterocycles. The Hall–Kier alpha value is -6.44. The van der Waals surface area contributed by atoms with Crippen LogP contribution < -0.4 is 0 Å². The molecule has 0 amide bonds. The van der Waals surface area contributed by atoms with E-state index in [1.54, 1.807) is 0 Å². The van der Waals surface area contributed by atoms with Crippen molar-refractivity contribution in [3.63, 3.8) is 0 Å². The van der Waals surface area contributed by atoms with Crippen LogP contribution in [-0.4, -0.2) is 0 Å². The zero-order valence-electron chi connectivity index (χ0n) is 26.7. The number of hydrogen-bond donors (Lipinski definition) is 0. The lowest BCUT2D eigenvalue weighted by atomic mass is 9.87. The molecule has 49 heavy (non-hydrogen) atoms. The van der Waals surface area contributed by atoms with Crippen LogP contribution in [0, 0.1) is 0 Å². The smallest absolute Gasteiger partial charge is 0.144 e. The molecule has 0 spiro atoms. The average molecular weight is 623 g/mol. The fourth-order valence-electron chi connectivity index (χ4n) is 7.72. The highest BCUT2D eigenvalue weighted by Gasteiger charge is 2.22. The van der Waals surface area contributed by atoms with Gasteiger partial charge in [0.1, 0.15) is 11.2 Å². The normalized spacial score (nSPS) is 11.7. The predicted molar refractivity (Wildman–Crippen MR) is 208 cm³/mol. The molecule has 0 N–H and O–H groups in total. The van der Waals surface area contributed by atoms with E-state index in [-0.39, 0.29) is 0 Å². The quantitative estimate of drug-likeness (QED) is 0.190. The third kappa shape index (κ3) is 4.47. The monoisotopic (exact) mass is 622 g/mol. The first-order valence-corrected chi connectivity index (χ1v) is 16.8. The summed E-state index contributed by atoms with van der Waals surface area (Å²) in [5.41, 5.74) is 11.3. The number of benzene rings is 9. The van der Waals surface area contributed by atoms with E-state index in [1.165, 1.54) is 65.7 Å². The largest absolute Gasteiger partial charge is 0.455 e. The molecule has 10 aromatic rings. The van der Waals surface area contributed by atoms with Crippen molar-refractivity contribution in [2.45, 2.75) is 0 Å². The Kier molecular flexibility index (Phi) is 6.25. The summed E-state index contributed by atoms with van der Waals surface area (Å²) in [6.07, 6.45) is 0. The molecule has 9 aromatic carbocycles. The Bertz CT molecular complexity index is 2850. The van der Waals surface area contributed by atoms with Crippen molar-refractivity contribution in [2.75, 3.05) is 0 Å². The molecular weight excluding hydrogens is 593 g/mol. The standard InChI is InChI=1S/C48H30O/c1-2-12-37-30-38(29-22-31(37)10-1)32-20-25-36(26-21-32)46-42-16-6-5-15-41(42)45(47-43-17-7-8-19-44(43)49-48(46)47)35-27-23-34(24-28-35)40-18-9-13-33-11-3-4-14-39(33)40/h1-30H. The maximum absolute atomic E-state index is 6.81. The molecule has 0 radical (unpaired) electrons. The van der Waals surface area contributed by atoms with Crippen LogP contribution in [0.15, 0.2) is 186 Å². The molecule has 0 aliphatic rings. The van der Waals surface area contributed by atoms with Crippen molar-refractivity contribution in [2.24, 2.45) is 0 Å². The lowest BCUT2D eigenvalue weighted by Gasteiger charge is -2.15. The number of furan rings is 1. The van der Waals surface area contributed by atoms with E-state index in [9.17, 15) is 0 Å². The molecule has 228 valence electrons. The molecule has 1 heterocycles. The lowest BCUT2D eigenvalue weighted by Crippen LogP contribution is -1.90. The summed E-state index contributed by atoms with van der Waals surface area (Å²) in [5, 5.41) is 9.70. The number of rotatable bonds is 4. The van der Waals surface area contributed by atoms with E-state index >= 15 is 0 Å². The highest BCUT2D eigenvalue weighted by Crippen LogP contribution is 2.48. The minimum atomic E-state index is 0.899. The van der Waals surface area contributed by atoms with Crippen molar-refractivity contribution in [3.05, 3.63) is 182 Å². The molecule has 0 atom stereocenters. The molecule has 1 aromatic heterocycles. The first-order chi connectivity index (χ1) is 24.3. The second-order valence-electron chi connectivity index (χ2n) is 12.8. The van der Waals surface area contributed by atoms with Crippen molar-refractivity contribution in [3.8, 4) is 44.5 Å². The maximum atomic E-state index is 6.81. The van der Waals surface area contributed by atoms with Gasteiger partial charge in [0.15, 0.2) is 0 Å². The first-order valence-electron chi connectivity index (χ1n) is 16.8. The SMILES string of the molecule is c1ccc2cc(-c3ccc(-c4c5ccccc5c(-c5ccc(-c6cccc7ccccc67)cc5)c5c4oc4ccccc45)cc3)ccc2c1. The first kappa shape index (κ1) is 27.7. The molecule has 0 saturated carbocycles. The van der Waals surface area contributed by atoms with Gasteiger partial charge >= 0.3 is 0 Å². The number of fused-ring (bicyclic) bond motifs is 6.